The minimum Gasteiger partial charge on any atom is -0.296 e. The summed E-state index contributed by atoms with van der Waals surface area (Å²) in [5.74, 6) is 0.566. The van der Waals surface area contributed by atoms with E-state index >= 15 is 0 Å². The molecule has 0 fully saturated rings. The number of nitriles is 1. The molecule has 1 heterocycles. The van der Waals surface area contributed by atoms with Gasteiger partial charge >= 0.3 is 0 Å². The summed E-state index contributed by atoms with van der Waals surface area (Å²) in [6.07, 6.45) is 0.545. The van der Waals surface area contributed by atoms with Gasteiger partial charge in [-0.25, -0.2) is 0 Å². The van der Waals surface area contributed by atoms with E-state index in [2.05, 4.69) is 36.8 Å². The van der Waals surface area contributed by atoms with Crippen molar-refractivity contribution in [3.8, 4) is 6.07 Å². The second-order valence-electron chi connectivity index (χ2n) is 5.20. The molecule has 0 saturated carbocycles. The summed E-state index contributed by atoms with van der Waals surface area (Å²) in [5, 5.41) is 13.9. The van der Waals surface area contributed by atoms with Gasteiger partial charge in [-0.15, -0.1) is 0 Å². The highest BCUT2D eigenvalue weighted by Crippen LogP contribution is 2.22. The molecule has 1 aromatic rings. The van der Waals surface area contributed by atoms with Gasteiger partial charge in [0.05, 0.1) is 22.5 Å². The van der Waals surface area contributed by atoms with Crippen molar-refractivity contribution in [3.63, 3.8) is 0 Å². The molecule has 0 spiro atoms. The summed E-state index contributed by atoms with van der Waals surface area (Å²) in [7, 11) is 0. The zero-order valence-corrected chi connectivity index (χ0v) is 13.0. The molecule has 0 amide bonds. The van der Waals surface area contributed by atoms with Crippen molar-refractivity contribution in [3.05, 3.63) is 16.4 Å². The van der Waals surface area contributed by atoms with Crippen molar-refractivity contribution in [1.82, 2.24) is 14.7 Å². The predicted octanol–water partition coefficient (Wildman–Crippen LogP) is 3.24. The lowest BCUT2D eigenvalue weighted by molar-refractivity contribution is 0.234. The second-order valence-corrected chi connectivity index (χ2v) is 5.58. The van der Waals surface area contributed by atoms with E-state index in [-0.39, 0.29) is 0 Å². The van der Waals surface area contributed by atoms with E-state index in [1.165, 1.54) is 0 Å². The first-order valence-corrected chi connectivity index (χ1v) is 7.18. The smallest absolute Gasteiger partial charge is 0.0860 e. The van der Waals surface area contributed by atoms with E-state index in [1.807, 2.05) is 11.6 Å². The third kappa shape index (κ3) is 4.52. The Kier molecular flexibility index (Phi) is 6.33. The zero-order valence-electron chi connectivity index (χ0n) is 12.3. The molecule has 1 rings (SSSR count). The first kappa shape index (κ1) is 16.0. The van der Waals surface area contributed by atoms with Gasteiger partial charge in [0.1, 0.15) is 0 Å². The average Bonchev–Trinajstić information content (AvgIpc) is 2.63. The molecule has 0 saturated heterocycles. The number of hydrogen-bond acceptors (Lipinski definition) is 3. The fourth-order valence-electron chi connectivity index (χ4n) is 2.19. The van der Waals surface area contributed by atoms with Crippen LogP contribution < -0.4 is 0 Å². The average molecular weight is 283 g/mol. The Balaban J connectivity index is 2.86. The zero-order chi connectivity index (χ0) is 14.4. The number of aryl methyl sites for hydroxylation is 2. The highest BCUT2D eigenvalue weighted by molar-refractivity contribution is 6.31. The monoisotopic (exact) mass is 282 g/mol. The lowest BCUT2D eigenvalue weighted by Crippen LogP contribution is -2.29. The van der Waals surface area contributed by atoms with Gasteiger partial charge < -0.3 is 0 Å². The van der Waals surface area contributed by atoms with E-state index < -0.39 is 0 Å². The summed E-state index contributed by atoms with van der Waals surface area (Å²) < 4.78 is 1.96. The molecule has 0 N–H and O–H groups in total. The Bertz CT molecular complexity index is 445. The topological polar surface area (TPSA) is 44.9 Å². The summed E-state index contributed by atoms with van der Waals surface area (Å²) in [6, 6.07) is 2.21. The van der Waals surface area contributed by atoms with Crippen molar-refractivity contribution in [1.29, 1.82) is 5.26 Å². The highest BCUT2D eigenvalue weighted by Gasteiger charge is 2.16. The predicted molar refractivity (Wildman–Crippen MR) is 78.0 cm³/mol. The molecule has 0 aliphatic carbocycles. The molecule has 1 aromatic heterocycles. The van der Waals surface area contributed by atoms with Gasteiger partial charge in [0.2, 0.25) is 0 Å². The van der Waals surface area contributed by atoms with Crippen LogP contribution in [0.5, 0.6) is 0 Å². The van der Waals surface area contributed by atoms with Crippen LogP contribution in [0.15, 0.2) is 0 Å². The molecule has 19 heavy (non-hydrogen) atoms. The number of halogens is 1. The third-order valence-corrected chi connectivity index (χ3v) is 3.48. The van der Waals surface area contributed by atoms with Crippen LogP contribution in [0.3, 0.4) is 0 Å². The van der Waals surface area contributed by atoms with Crippen molar-refractivity contribution in [2.45, 2.75) is 47.2 Å². The van der Waals surface area contributed by atoms with Gasteiger partial charge in [-0.2, -0.15) is 10.4 Å². The van der Waals surface area contributed by atoms with E-state index in [0.29, 0.717) is 12.3 Å². The highest BCUT2D eigenvalue weighted by atomic mass is 35.5. The van der Waals surface area contributed by atoms with Crippen molar-refractivity contribution < 1.29 is 0 Å². The van der Waals surface area contributed by atoms with Crippen molar-refractivity contribution in [2.75, 3.05) is 13.1 Å². The van der Waals surface area contributed by atoms with Crippen LogP contribution in [-0.2, 0) is 13.1 Å². The molecule has 0 radical (unpaired) electrons. The van der Waals surface area contributed by atoms with Crippen molar-refractivity contribution >= 4 is 11.6 Å². The van der Waals surface area contributed by atoms with Gasteiger partial charge in [0, 0.05) is 32.6 Å². The van der Waals surface area contributed by atoms with E-state index in [1.54, 1.807) is 0 Å². The minimum atomic E-state index is 0.545. The largest absolute Gasteiger partial charge is 0.296 e. The van der Waals surface area contributed by atoms with Gasteiger partial charge in [-0.3, -0.25) is 9.58 Å². The van der Waals surface area contributed by atoms with Crippen LogP contribution in [0.4, 0.5) is 0 Å². The maximum Gasteiger partial charge on any atom is 0.0860 e. The Morgan fingerprint density at radius 3 is 2.68 bits per heavy atom. The van der Waals surface area contributed by atoms with Crippen LogP contribution >= 0.6 is 11.6 Å². The van der Waals surface area contributed by atoms with Crippen molar-refractivity contribution in [2.24, 2.45) is 5.92 Å². The van der Waals surface area contributed by atoms with Crippen LogP contribution in [0.2, 0.25) is 5.02 Å². The Morgan fingerprint density at radius 1 is 1.47 bits per heavy atom. The molecule has 0 atom stereocenters. The fraction of sp³-hybridized carbons (Fsp3) is 0.714. The Labute approximate surface area is 121 Å². The van der Waals surface area contributed by atoms with E-state index in [9.17, 15) is 0 Å². The quantitative estimate of drug-likeness (QED) is 0.771. The normalized spacial score (nSPS) is 11.3. The van der Waals surface area contributed by atoms with Gasteiger partial charge in [0.15, 0.2) is 0 Å². The number of rotatable bonds is 7. The van der Waals surface area contributed by atoms with Gasteiger partial charge in [-0.1, -0.05) is 25.4 Å². The molecule has 0 unspecified atom stereocenters. The first-order chi connectivity index (χ1) is 8.99. The number of hydrogen-bond donors (Lipinski definition) is 0. The van der Waals surface area contributed by atoms with Gasteiger partial charge in [0.25, 0.3) is 0 Å². The molecular formula is C14H23ClN4. The Morgan fingerprint density at radius 2 is 2.16 bits per heavy atom. The Hall–Kier alpha value is -1.05. The van der Waals surface area contributed by atoms with E-state index in [4.69, 9.17) is 16.9 Å². The van der Waals surface area contributed by atoms with Crippen LogP contribution in [0.1, 0.15) is 38.6 Å². The third-order valence-electron chi connectivity index (χ3n) is 2.99. The van der Waals surface area contributed by atoms with Crippen LogP contribution in [0, 0.1) is 24.2 Å². The van der Waals surface area contributed by atoms with Crippen LogP contribution in [-0.4, -0.2) is 27.8 Å². The first-order valence-electron chi connectivity index (χ1n) is 6.80. The molecular weight excluding hydrogens is 260 g/mol. The molecule has 0 aromatic carbocycles. The summed E-state index contributed by atoms with van der Waals surface area (Å²) in [4.78, 5) is 2.28. The second kappa shape index (κ2) is 7.52. The molecule has 0 bridgehead atoms. The maximum absolute atomic E-state index is 8.75. The lowest BCUT2D eigenvalue weighted by Gasteiger charge is -2.23. The van der Waals surface area contributed by atoms with E-state index in [0.717, 1.165) is 42.6 Å². The molecule has 106 valence electrons. The lowest BCUT2D eigenvalue weighted by atomic mass is 10.2. The minimum absolute atomic E-state index is 0.545. The summed E-state index contributed by atoms with van der Waals surface area (Å²) in [6.45, 7) is 11.7. The summed E-state index contributed by atoms with van der Waals surface area (Å²) >= 11 is 6.33. The number of nitrogens with zero attached hydrogens (tertiary/aromatic N) is 4. The number of aromatic nitrogens is 2. The fourth-order valence-corrected chi connectivity index (χ4v) is 2.39. The maximum atomic E-state index is 8.75. The molecule has 0 aliphatic rings. The van der Waals surface area contributed by atoms with Gasteiger partial charge in [-0.05, 0) is 19.8 Å². The SMILES string of the molecule is CCn1nc(C)c(Cl)c1CN(CCC#N)CC(C)C. The standard InChI is InChI=1S/C14H23ClN4/c1-5-19-13(14(15)12(4)17-19)10-18(8-6-7-16)9-11(2)3/h11H,5-6,8-10H2,1-4H3. The molecule has 4 nitrogen and oxygen atoms in total. The molecule has 5 heteroatoms. The molecule has 0 aliphatic heterocycles. The summed E-state index contributed by atoms with van der Waals surface area (Å²) in [5.41, 5.74) is 1.93. The van der Waals surface area contributed by atoms with Crippen LogP contribution in [0.25, 0.3) is 0 Å².